The Bertz CT molecular complexity index is 839. The van der Waals surface area contributed by atoms with Crippen molar-refractivity contribution in [1.82, 2.24) is 10.2 Å². The van der Waals surface area contributed by atoms with Crippen molar-refractivity contribution in [3.8, 4) is 0 Å². The van der Waals surface area contributed by atoms with Crippen molar-refractivity contribution >= 4 is 11.7 Å². The van der Waals surface area contributed by atoms with Gasteiger partial charge in [-0.15, -0.1) is 0 Å². The Morgan fingerprint density at radius 3 is 2.38 bits per heavy atom. The fraction of sp³-hybridized carbons (Fsp3) is 0.440. The Morgan fingerprint density at radius 2 is 1.62 bits per heavy atom. The van der Waals surface area contributed by atoms with Crippen LogP contribution >= 0.6 is 0 Å². The molecule has 0 saturated heterocycles. The van der Waals surface area contributed by atoms with Crippen LogP contribution in [0.15, 0.2) is 64.6 Å². The first kappa shape index (κ1) is 19.7. The van der Waals surface area contributed by atoms with E-state index in [1.54, 1.807) is 0 Å². The second kappa shape index (κ2) is 9.73. The fourth-order valence-electron chi connectivity index (χ4n) is 4.21. The predicted octanol–water partition coefficient (Wildman–Crippen LogP) is 3.76. The second-order valence-corrected chi connectivity index (χ2v) is 8.14. The van der Waals surface area contributed by atoms with Gasteiger partial charge in [-0.1, -0.05) is 61.5 Å². The Labute approximate surface area is 174 Å². The molecule has 0 aromatic heterocycles. The van der Waals surface area contributed by atoms with Crippen LogP contribution in [0.2, 0.25) is 0 Å². The molecule has 1 N–H and O–H groups in total. The van der Waals surface area contributed by atoms with Crippen LogP contribution in [0, 0.1) is 5.92 Å². The molecule has 4 rings (SSSR count). The number of rotatable bonds is 9. The molecule has 0 fully saturated rings. The first-order chi connectivity index (χ1) is 14.3. The van der Waals surface area contributed by atoms with E-state index in [1.165, 1.54) is 28.4 Å². The highest BCUT2D eigenvalue weighted by Crippen LogP contribution is 2.15. The van der Waals surface area contributed by atoms with E-state index in [0.29, 0.717) is 5.92 Å². The van der Waals surface area contributed by atoms with Crippen LogP contribution in [0.4, 0.5) is 0 Å². The number of amidine groups is 2. The third-order valence-corrected chi connectivity index (χ3v) is 5.91. The lowest BCUT2D eigenvalue weighted by Crippen LogP contribution is -2.30. The van der Waals surface area contributed by atoms with Crippen molar-refractivity contribution in [1.29, 1.82) is 0 Å². The number of nitrogens with one attached hydrogen (secondary N) is 1. The largest absolute Gasteiger partial charge is 0.372 e. The lowest BCUT2D eigenvalue weighted by atomic mass is 9.98. The van der Waals surface area contributed by atoms with E-state index in [9.17, 15) is 0 Å². The summed E-state index contributed by atoms with van der Waals surface area (Å²) in [7, 11) is 0. The summed E-state index contributed by atoms with van der Waals surface area (Å²) in [6, 6.07) is 19.9. The number of benzene rings is 2. The summed E-state index contributed by atoms with van der Waals surface area (Å²) in [5, 5.41) is 3.40. The maximum Gasteiger partial charge on any atom is 0.0996 e. The number of aliphatic imine (C=N–C) groups is 2. The number of aryl methyl sites for hydroxylation is 1. The molecule has 0 radical (unpaired) electrons. The van der Waals surface area contributed by atoms with Gasteiger partial charge in [0.05, 0.1) is 24.8 Å². The van der Waals surface area contributed by atoms with Gasteiger partial charge in [-0.3, -0.25) is 9.98 Å². The number of hydrogen-bond donors (Lipinski definition) is 1. The molecule has 152 valence electrons. The quantitative estimate of drug-likeness (QED) is 0.711. The highest BCUT2D eigenvalue weighted by Gasteiger charge is 2.17. The predicted molar refractivity (Wildman–Crippen MR) is 122 cm³/mol. The molecular formula is C25H32N4. The Balaban J connectivity index is 1.25. The average molecular weight is 389 g/mol. The van der Waals surface area contributed by atoms with Crippen LogP contribution in [-0.2, 0) is 19.3 Å². The summed E-state index contributed by atoms with van der Waals surface area (Å²) in [5.74, 6) is 2.92. The third kappa shape index (κ3) is 5.47. The van der Waals surface area contributed by atoms with Gasteiger partial charge in [-0.25, -0.2) is 0 Å². The zero-order chi connectivity index (χ0) is 19.9. The van der Waals surface area contributed by atoms with Gasteiger partial charge in [0.15, 0.2) is 0 Å². The third-order valence-electron chi connectivity index (χ3n) is 5.91. The summed E-state index contributed by atoms with van der Waals surface area (Å²) >= 11 is 0. The van der Waals surface area contributed by atoms with Gasteiger partial charge in [0.25, 0.3) is 0 Å². The van der Waals surface area contributed by atoms with Gasteiger partial charge in [0, 0.05) is 32.0 Å². The molecule has 2 aliphatic rings. The van der Waals surface area contributed by atoms with Gasteiger partial charge in [-0.05, 0) is 36.0 Å². The van der Waals surface area contributed by atoms with Crippen LogP contribution in [0.1, 0.15) is 30.0 Å². The molecule has 0 amide bonds. The molecule has 4 nitrogen and oxygen atoms in total. The van der Waals surface area contributed by atoms with Crippen molar-refractivity contribution < 1.29 is 0 Å². The lowest BCUT2D eigenvalue weighted by molar-refractivity contribution is 0.453. The molecule has 2 aromatic rings. The van der Waals surface area contributed by atoms with E-state index >= 15 is 0 Å². The minimum absolute atomic E-state index is 0.467. The van der Waals surface area contributed by atoms with Crippen molar-refractivity contribution in [2.75, 3.05) is 32.7 Å². The van der Waals surface area contributed by atoms with Gasteiger partial charge < -0.3 is 10.2 Å². The van der Waals surface area contributed by atoms with Gasteiger partial charge in [0.2, 0.25) is 0 Å². The maximum atomic E-state index is 4.77. The minimum Gasteiger partial charge on any atom is -0.372 e. The van der Waals surface area contributed by atoms with E-state index in [-0.39, 0.29) is 0 Å². The molecular weight excluding hydrogens is 356 g/mol. The topological polar surface area (TPSA) is 40.0 Å². The Kier molecular flexibility index (Phi) is 6.60. The van der Waals surface area contributed by atoms with Crippen LogP contribution in [0.5, 0.6) is 0 Å². The molecule has 0 spiro atoms. The molecule has 0 bridgehead atoms. The first-order valence-electron chi connectivity index (χ1n) is 11.0. The molecule has 1 atom stereocenters. The van der Waals surface area contributed by atoms with Crippen molar-refractivity contribution in [3.05, 3.63) is 71.3 Å². The standard InChI is InChI=1S/C25H32N4/c1-20(25-27-14-15-28-25)19-23-9-7-22(8-10-23)11-12-24-26-16-18-29(24)17-13-21-5-3-2-4-6-21/h2-10,20H,11-19H2,1H3,(H,27,28)/t20-/m0/s1. The normalized spacial score (nSPS) is 17.1. The zero-order valence-electron chi connectivity index (χ0n) is 17.5. The summed E-state index contributed by atoms with van der Waals surface area (Å²) < 4.78 is 0. The van der Waals surface area contributed by atoms with E-state index in [1.807, 2.05) is 0 Å². The van der Waals surface area contributed by atoms with Gasteiger partial charge >= 0.3 is 0 Å². The lowest BCUT2D eigenvalue weighted by Gasteiger charge is -2.20. The average Bonchev–Trinajstić information content (AvgIpc) is 3.45. The van der Waals surface area contributed by atoms with Crippen LogP contribution in [-0.4, -0.2) is 49.3 Å². The van der Waals surface area contributed by atoms with E-state index < -0.39 is 0 Å². The molecule has 2 aliphatic heterocycles. The Morgan fingerprint density at radius 1 is 0.862 bits per heavy atom. The van der Waals surface area contributed by atoms with Crippen LogP contribution in [0.3, 0.4) is 0 Å². The van der Waals surface area contributed by atoms with Crippen molar-refractivity contribution in [3.63, 3.8) is 0 Å². The fourth-order valence-corrected chi connectivity index (χ4v) is 4.21. The highest BCUT2D eigenvalue weighted by atomic mass is 15.2. The van der Waals surface area contributed by atoms with E-state index in [0.717, 1.165) is 58.4 Å². The summed E-state index contributed by atoms with van der Waals surface area (Å²) in [6.45, 7) is 7.25. The molecule has 2 aromatic carbocycles. The molecule has 0 unspecified atom stereocenters. The van der Waals surface area contributed by atoms with E-state index in [4.69, 9.17) is 4.99 Å². The summed E-state index contributed by atoms with van der Waals surface area (Å²) in [6.07, 6.45) is 4.23. The number of hydrogen-bond acceptors (Lipinski definition) is 4. The zero-order valence-corrected chi connectivity index (χ0v) is 17.5. The summed E-state index contributed by atoms with van der Waals surface area (Å²) in [4.78, 5) is 11.8. The van der Waals surface area contributed by atoms with E-state index in [2.05, 4.69) is 76.7 Å². The Hall–Kier alpha value is -2.62. The van der Waals surface area contributed by atoms with Crippen molar-refractivity contribution in [2.45, 2.75) is 32.6 Å². The molecule has 2 heterocycles. The van der Waals surface area contributed by atoms with Crippen LogP contribution in [0.25, 0.3) is 0 Å². The first-order valence-corrected chi connectivity index (χ1v) is 11.0. The molecule has 29 heavy (non-hydrogen) atoms. The molecule has 0 saturated carbocycles. The minimum atomic E-state index is 0.467. The molecule has 4 heteroatoms. The maximum absolute atomic E-state index is 4.77. The number of nitrogens with zero attached hydrogens (tertiary/aromatic N) is 3. The summed E-state index contributed by atoms with van der Waals surface area (Å²) in [5.41, 5.74) is 4.19. The highest BCUT2D eigenvalue weighted by molar-refractivity contribution is 5.86. The van der Waals surface area contributed by atoms with Crippen molar-refractivity contribution in [2.24, 2.45) is 15.9 Å². The molecule has 0 aliphatic carbocycles. The smallest absolute Gasteiger partial charge is 0.0996 e. The van der Waals surface area contributed by atoms with Gasteiger partial charge in [-0.2, -0.15) is 0 Å². The monoisotopic (exact) mass is 388 g/mol. The van der Waals surface area contributed by atoms with Crippen LogP contribution < -0.4 is 5.32 Å². The second-order valence-electron chi connectivity index (χ2n) is 8.14. The van der Waals surface area contributed by atoms with Gasteiger partial charge in [0.1, 0.15) is 0 Å². The SMILES string of the molecule is C[C@@H](Cc1ccc(CCC2=NCCN2CCc2ccccc2)cc1)C1=NCCN1.